The number of hydrogen-bond donors (Lipinski definition) is 0. The van der Waals surface area contributed by atoms with E-state index in [9.17, 15) is 0 Å². The lowest BCUT2D eigenvalue weighted by atomic mass is 9.65. The van der Waals surface area contributed by atoms with E-state index in [1.54, 1.807) is 0 Å². The largest absolute Gasteiger partial charge is 0.0798 e. The fraction of sp³-hybridized carbons (Fsp3) is 0.688. The Labute approximate surface area is 101 Å². The van der Waals surface area contributed by atoms with Crippen LogP contribution >= 0.6 is 0 Å². The second kappa shape index (κ2) is 5.70. The van der Waals surface area contributed by atoms with Crippen LogP contribution in [-0.2, 0) is 0 Å². The molecule has 2 aliphatic rings. The van der Waals surface area contributed by atoms with Gasteiger partial charge in [0.05, 0.1) is 0 Å². The molecule has 1 fully saturated rings. The third kappa shape index (κ3) is 2.59. The molecule has 16 heavy (non-hydrogen) atoms. The van der Waals surface area contributed by atoms with Crippen molar-refractivity contribution < 1.29 is 0 Å². The van der Waals surface area contributed by atoms with Gasteiger partial charge in [0, 0.05) is 11.8 Å². The highest BCUT2D eigenvalue weighted by molar-refractivity contribution is 5.26. The molecule has 0 saturated heterocycles. The normalized spacial score (nSPS) is 24.8. The number of allylic oxidation sites excluding steroid dienone is 4. The molecule has 2 aliphatic carbocycles. The summed E-state index contributed by atoms with van der Waals surface area (Å²) in [7, 11) is 0. The Hall–Kier alpha value is -0.520. The van der Waals surface area contributed by atoms with Gasteiger partial charge in [-0.2, -0.15) is 0 Å². The van der Waals surface area contributed by atoms with Crippen molar-refractivity contribution >= 4 is 0 Å². The summed E-state index contributed by atoms with van der Waals surface area (Å²) >= 11 is 0. The first-order valence-electron chi connectivity index (χ1n) is 7.08. The predicted molar refractivity (Wildman–Crippen MR) is 71.1 cm³/mol. The van der Waals surface area contributed by atoms with Crippen molar-refractivity contribution in [2.24, 2.45) is 11.3 Å². The van der Waals surface area contributed by atoms with Crippen LogP contribution in [0.2, 0.25) is 0 Å². The maximum atomic E-state index is 2.48. The van der Waals surface area contributed by atoms with Gasteiger partial charge >= 0.3 is 0 Å². The third-order valence-electron chi connectivity index (χ3n) is 4.36. The average Bonchev–Trinajstić information content (AvgIpc) is 2.38. The van der Waals surface area contributed by atoms with Crippen LogP contribution in [0.15, 0.2) is 24.3 Å². The van der Waals surface area contributed by atoms with Gasteiger partial charge in [0.1, 0.15) is 0 Å². The zero-order valence-corrected chi connectivity index (χ0v) is 10.6. The molecule has 0 unspecified atom stereocenters. The molecule has 0 atom stereocenters. The van der Waals surface area contributed by atoms with Gasteiger partial charge in [-0.1, -0.05) is 63.3 Å². The monoisotopic (exact) mass is 217 g/mol. The van der Waals surface area contributed by atoms with E-state index in [0.29, 0.717) is 5.41 Å². The molecule has 0 aromatic rings. The van der Waals surface area contributed by atoms with Gasteiger partial charge in [-0.3, -0.25) is 0 Å². The van der Waals surface area contributed by atoms with Crippen LogP contribution in [0.1, 0.15) is 58.3 Å². The number of rotatable bonds is 4. The van der Waals surface area contributed by atoms with E-state index in [-0.39, 0.29) is 0 Å². The van der Waals surface area contributed by atoms with Crippen LogP contribution in [0.5, 0.6) is 0 Å². The summed E-state index contributed by atoms with van der Waals surface area (Å²) in [4.78, 5) is 0. The Kier molecular flexibility index (Phi) is 4.26. The second-order valence-corrected chi connectivity index (χ2v) is 5.46. The van der Waals surface area contributed by atoms with E-state index in [0.717, 1.165) is 5.92 Å². The molecule has 0 N–H and O–H groups in total. The van der Waals surface area contributed by atoms with Crippen LogP contribution in [0, 0.1) is 17.8 Å². The van der Waals surface area contributed by atoms with Crippen molar-refractivity contribution in [3.63, 3.8) is 0 Å². The molecule has 0 aromatic heterocycles. The average molecular weight is 217 g/mol. The first-order chi connectivity index (χ1) is 7.87. The quantitative estimate of drug-likeness (QED) is 0.616. The lowest BCUT2D eigenvalue weighted by molar-refractivity contribution is 0.203. The summed E-state index contributed by atoms with van der Waals surface area (Å²) < 4.78 is 0. The predicted octanol–water partition coefficient (Wildman–Crippen LogP) is 5.07. The molecular formula is C16H25. The Morgan fingerprint density at radius 2 is 1.75 bits per heavy atom. The van der Waals surface area contributed by atoms with Crippen molar-refractivity contribution in [1.82, 2.24) is 0 Å². The Balaban J connectivity index is 2.08. The molecule has 0 aliphatic heterocycles. The third-order valence-corrected chi connectivity index (χ3v) is 4.36. The van der Waals surface area contributed by atoms with Crippen molar-refractivity contribution in [3.8, 4) is 0 Å². The summed E-state index contributed by atoms with van der Waals surface area (Å²) in [6.45, 7) is 2.30. The van der Waals surface area contributed by atoms with Gasteiger partial charge in [0.25, 0.3) is 0 Å². The van der Waals surface area contributed by atoms with Crippen molar-refractivity contribution in [1.29, 1.82) is 0 Å². The van der Waals surface area contributed by atoms with Gasteiger partial charge in [-0.05, 0) is 25.2 Å². The van der Waals surface area contributed by atoms with Crippen molar-refractivity contribution in [2.75, 3.05) is 0 Å². The minimum atomic E-state index is 0.408. The van der Waals surface area contributed by atoms with Crippen LogP contribution in [0.3, 0.4) is 0 Å². The zero-order chi connectivity index (χ0) is 11.3. The summed E-state index contributed by atoms with van der Waals surface area (Å²) in [6.07, 6.45) is 23.0. The Bertz CT molecular complexity index is 241. The summed E-state index contributed by atoms with van der Waals surface area (Å²) in [5, 5.41) is 0. The highest BCUT2D eigenvalue weighted by Crippen LogP contribution is 2.45. The highest BCUT2D eigenvalue weighted by Gasteiger charge is 2.34. The van der Waals surface area contributed by atoms with Gasteiger partial charge in [0.2, 0.25) is 0 Å². The molecule has 0 aromatic carbocycles. The molecular weight excluding hydrogens is 192 g/mol. The number of unbranched alkanes of at least 4 members (excludes halogenated alkanes) is 1. The molecule has 89 valence electrons. The van der Waals surface area contributed by atoms with E-state index in [4.69, 9.17) is 0 Å². The van der Waals surface area contributed by atoms with E-state index in [1.165, 1.54) is 51.4 Å². The Morgan fingerprint density at radius 3 is 2.38 bits per heavy atom. The Morgan fingerprint density at radius 1 is 1.06 bits per heavy atom. The molecule has 0 heterocycles. The molecule has 0 heteroatoms. The van der Waals surface area contributed by atoms with Crippen molar-refractivity contribution in [2.45, 2.75) is 58.3 Å². The zero-order valence-electron chi connectivity index (χ0n) is 10.6. The van der Waals surface area contributed by atoms with Crippen LogP contribution in [0.4, 0.5) is 0 Å². The van der Waals surface area contributed by atoms with E-state index in [1.807, 2.05) is 0 Å². The molecule has 0 bridgehead atoms. The lowest BCUT2D eigenvalue weighted by Crippen LogP contribution is -2.29. The topological polar surface area (TPSA) is 0 Å². The molecule has 1 radical (unpaired) electrons. The van der Waals surface area contributed by atoms with Gasteiger partial charge in [-0.15, -0.1) is 0 Å². The number of hydrogen-bond acceptors (Lipinski definition) is 0. The van der Waals surface area contributed by atoms with E-state index < -0.39 is 0 Å². The summed E-state index contributed by atoms with van der Waals surface area (Å²) in [5.41, 5.74) is 0.408. The van der Waals surface area contributed by atoms with Crippen LogP contribution < -0.4 is 0 Å². The van der Waals surface area contributed by atoms with Gasteiger partial charge < -0.3 is 0 Å². The second-order valence-electron chi connectivity index (χ2n) is 5.46. The maximum Gasteiger partial charge on any atom is 0.00896 e. The fourth-order valence-electron chi connectivity index (χ4n) is 3.36. The standard InChI is InChI=1S/C16H25/c1-2-3-12-16(13-8-5-9-14-16)15-10-6-4-7-11-15/h5,8-9,13-15H,2-4,6-7,10-12H2,1H3. The minimum Gasteiger partial charge on any atom is -0.0798 e. The van der Waals surface area contributed by atoms with E-state index in [2.05, 4.69) is 37.6 Å². The first-order valence-corrected chi connectivity index (χ1v) is 7.08. The molecule has 1 saturated carbocycles. The summed E-state index contributed by atoms with van der Waals surface area (Å²) in [5.74, 6) is 0.911. The van der Waals surface area contributed by atoms with Crippen LogP contribution in [-0.4, -0.2) is 0 Å². The molecule has 0 amide bonds. The minimum absolute atomic E-state index is 0.408. The smallest absolute Gasteiger partial charge is 0.00896 e. The summed E-state index contributed by atoms with van der Waals surface area (Å²) in [6, 6.07) is 0. The first kappa shape index (κ1) is 12.0. The maximum absolute atomic E-state index is 2.48. The van der Waals surface area contributed by atoms with Crippen LogP contribution in [0.25, 0.3) is 0 Å². The fourth-order valence-corrected chi connectivity index (χ4v) is 3.36. The molecule has 0 nitrogen and oxygen atoms in total. The van der Waals surface area contributed by atoms with Gasteiger partial charge in [0.15, 0.2) is 0 Å². The molecule has 2 rings (SSSR count). The lowest BCUT2D eigenvalue weighted by Gasteiger charge is -2.40. The SMILES string of the molecule is CCCCC1(C2CCCCC2)C=C[CH]C=C1. The van der Waals surface area contributed by atoms with E-state index >= 15 is 0 Å². The molecule has 0 spiro atoms. The van der Waals surface area contributed by atoms with Crippen molar-refractivity contribution in [3.05, 3.63) is 30.7 Å². The highest BCUT2D eigenvalue weighted by atomic mass is 14.4. The van der Waals surface area contributed by atoms with Gasteiger partial charge in [-0.25, -0.2) is 0 Å².